The van der Waals surface area contributed by atoms with Gasteiger partial charge < -0.3 is 0 Å². The van der Waals surface area contributed by atoms with Gasteiger partial charge in [0.25, 0.3) is 23.0 Å². The molecule has 0 unspecified atom stereocenters. The van der Waals surface area contributed by atoms with E-state index in [0.29, 0.717) is 53.9 Å². The maximum atomic E-state index is 14.9. The summed E-state index contributed by atoms with van der Waals surface area (Å²) in [7, 11) is 0. The molecule has 0 fully saturated rings. The number of pyridine rings is 4. The highest BCUT2D eigenvalue weighted by Gasteiger charge is 2.28. The summed E-state index contributed by atoms with van der Waals surface area (Å²) in [5.74, 6) is -9.08. The lowest BCUT2D eigenvalue weighted by Gasteiger charge is -2.18. The van der Waals surface area contributed by atoms with Gasteiger partial charge in [-0.15, -0.1) is 0 Å². The molecule has 0 radical (unpaired) electrons. The first-order valence-electron chi connectivity index (χ1n) is 14.3. The number of halogens is 6. The van der Waals surface area contributed by atoms with Crippen molar-refractivity contribution >= 4 is 98.0 Å². The van der Waals surface area contributed by atoms with Crippen molar-refractivity contribution in [3.8, 4) is 0 Å². The van der Waals surface area contributed by atoms with E-state index in [1.54, 1.807) is 48.5 Å². The van der Waals surface area contributed by atoms with Crippen molar-refractivity contribution in [3.63, 3.8) is 0 Å². The van der Waals surface area contributed by atoms with Crippen LogP contribution in [0.2, 0.25) is 0 Å². The normalized spacial score (nSPS) is 13.0. The van der Waals surface area contributed by atoms with E-state index in [1.807, 2.05) is 0 Å². The van der Waals surface area contributed by atoms with Crippen molar-refractivity contribution < 1.29 is 26.3 Å². The second-order valence-corrected chi connectivity index (χ2v) is 11.7. The number of benzene rings is 5. The SMILES string of the molecule is O=c1c2ccc3c4ccc5c6c(ccc(c7ccc(c2c37)c2nc3c(F)c(F)nc(F)c3n12)c46)c(=O)n1c5nc2c(F)c(F)nc(F)c21. The number of aromatic nitrogens is 6. The molecule has 0 saturated carbocycles. The zero-order chi connectivity index (χ0) is 32.7. The molecule has 0 saturated heterocycles. The van der Waals surface area contributed by atoms with Gasteiger partial charge in [-0.05, 0) is 56.6 Å². The van der Waals surface area contributed by atoms with Crippen molar-refractivity contribution in [2.45, 2.75) is 0 Å². The Morgan fingerprint density at radius 3 is 1.08 bits per heavy atom. The number of rotatable bonds is 0. The molecule has 0 aliphatic carbocycles. The molecule has 0 atom stereocenters. The third-order valence-electron chi connectivity index (χ3n) is 9.57. The number of imidazole rings is 2. The predicted molar refractivity (Wildman–Crippen MR) is 165 cm³/mol. The Morgan fingerprint density at radius 2 is 0.708 bits per heavy atom. The zero-order valence-corrected chi connectivity index (χ0v) is 23.4. The average molecular weight is 646 g/mol. The molecule has 8 nitrogen and oxygen atoms in total. The molecular formula is C34H8F6N6O2. The van der Waals surface area contributed by atoms with E-state index >= 15 is 0 Å². The number of hydrogen-bond donors (Lipinski definition) is 0. The Morgan fingerprint density at radius 1 is 0.396 bits per heavy atom. The van der Waals surface area contributed by atoms with Gasteiger partial charge in [0.1, 0.15) is 33.4 Å². The van der Waals surface area contributed by atoms with Gasteiger partial charge in [0.2, 0.25) is 23.5 Å². The monoisotopic (exact) mass is 646 g/mol. The summed E-state index contributed by atoms with van der Waals surface area (Å²) >= 11 is 0. The summed E-state index contributed by atoms with van der Waals surface area (Å²) in [6.07, 6.45) is 0. The molecule has 0 aliphatic rings. The van der Waals surface area contributed by atoms with Crippen LogP contribution >= 0.6 is 0 Å². The van der Waals surface area contributed by atoms with Crippen molar-refractivity contribution in [2.24, 2.45) is 0 Å². The predicted octanol–water partition coefficient (Wildman–Crippen LogP) is 6.87. The molecule has 48 heavy (non-hydrogen) atoms. The van der Waals surface area contributed by atoms with Crippen molar-refractivity contribution in [1.29, 1.82) is 0 Å². The number of hydrogen-bond acceptors (Lipinski definition) is 6. The van der Waals surface area contributed by atoms with Crippen LogP contribution in [0.25, 0.3) is 98.0 Å². The first-order chi connectivity index (χ1) is 23.2. The Balaban J connectivity index is 1.36. The maximum Gasteiger partial charge on any atom is 0.264 e. The number of nitrogens with zero attached hydrogens (tertiary/aromatic N) is 6. The highest BCUT2D eigenvalue weighted by atomic mass is 19.2. The highest BCUT2D eigenvalue weighted by molar-refractivity contribution is 6.40. The van der Waals surface area contributed by atoms with Gasteiger partial charge in [-0.1, -0.05) is 24.3 Å². The van der Waals surface area contributed by atoms with Crippen LogP contribution in [0.4, 0.5) is 26.3 Å². The lowest BCUT2D eigenvalue weighted by atomic mass is 9.86. The third-order valence-corrected chi connectivity index (χ3v) is 9.57. The fraction of sp³-hybridized carbons (Fsp3) is 0. The Kier molecular flexibility index (Phi) is 4.24. The van der Waals surface area contributed by atoms with Gasteiger partial charge in [0.05, 0.1) is 0 Å². The maximum absolute atomic E-state index is 14.9. The van der Waals surface area contributed by atoms with Crippen molar-refractivity contribution in [2.75, 3.05) is 0 Å². The third kappa shape index (κ3) is 2.63. The van der Waals surface area contributed by atoms with Gasteiger partial charge in [-0.2, -0.15) is 36.3 Å². The topological polar surface area (TPSA) is 94.5 Å². The van der Waals surface area contributed by atoms with E-state index in [0.717, 1.165) is 8.80 Å². The molecule has 5 aromatic carbocycles. The standard InChI is InChI=1S/C34H8F6N6O2/c35-21-23-25(29(39)43-27(21)37)45-31(41-23)13-5-1-9-11-3-7-16-20-14(32-42-24-22(36)28(38)44-30(40)26(24)46(32)34(16)48)6-2-10(18(11)20)12-4-8-15(33(45)47)19(13)17(9)12/h1-8H. The summed E-state index contributed by atoms with van der Waals surface area (Å²) < 4.78 is 89.1. The summed E-state index contributed by atoms with van der Waals surface area (Å²) in [6.45, 7) is 0. The summed E-state index contributed by atoms with van der Waals surface area (Å²) in [5.41, 5.74) is -4.07. The fourth-order valence-electron chi connectivity index (χ4n) is 7.71. The lowest BCUT2D eigenvalue weighted by molar-refractivity contribution is 0.457. The molecule has 6 heterocycles. The Hall–Kier alpha value is -6.44. The van der Waals surface area contributed by atoms with Crippen molar-refractivity contribution in [3.05, 3.63) is 105 Å². The van der Waals surface area contributed by atoms with E-state index in [9.17, 15) is 35.9 Å². The molecule has 0 spiro atoms. The molecule has 11 rings (SSSR count). The van der Waals surface area contributed by atoms with E-state index in [1.165, 1.54) is 0 Å². The zero-order valence-electron chi connectivity index (χ0n) is 23.4. The molecule has 0 bridgehead atoms. The molecular weight excluding hydrogens is 638 g/mol. The second kappa shape index (κ2) is 7.91. The van der Waals surface area contributed by atoms with Gasteiger partial charge >= 0.3 is 0 Å². The molecule has 0 N–H and O–H groups in total. The first-order valence-corrected chi connectivity index (χ1v) is 14.3. The van der Waals surface area contributed by atoms with Crippen LogP contribution in [-0.4, -0.2) is 28.7 Å². The molecule has 0 aliphatic heterocycles. The van der Waals surface area contributed by atoms with Crippen LogP contribution < -0.4 is 11.1 Å². The van der Waals surface area contributed by atoms with Gasteiger partial charge in [-0.25, -0.2) is 9.97 Å². The largest absolute Gasteiger partial charge is 0.268 e. The van der Waals surface area contributed by atoms with Crippen molar-refractivity contribution in [1.82, 2.24) is 28.7 Å². The van der Waals surface area contributed by atoms with Gasteiger partial charge in [0.15, 0.2) is 0 Å². The van der Waals surface area contributed by atoms with E-state index in [2.05, 4.69) is 19.9 Å². The average Bonchev–Trinajstić information content (AvgIpc) is 3.69. The fourth-order valence-corrected chi connectivity index (χ4v) is 7.71. The highest BCUT2D eigenvalue weighted by Crippen LogP contribution is 2.46. The van der Waals surface area contributed by atoms with Crippen LogP contribution in [0, 0.1) is 35.4 Å². The summed E-state index contributed by atoms with van der Waals surface area (Å²) in [5, 5.41) is 5.96. The van der Waals surface area contributed by atoms with Crippen LogP contribution in [-0.2, 0) is 0 Å². The molecule has 6 aromatic heterocycles. The van der Waals surface area contributed by atoms with Crippen LogP contribution in [0.15, 0.2) is 58.1 Å². The quantitative estimate of drug-likeness (QED) is 0.0773. The smallest absolute Gasteiger partial charge is 0.264 e. The first kappa shape index (κ1) is 25.7. The summed E-state index contributed by atoms with van der Waals surface area (Å²) in [6, 6.07) is 13.3. The molecule has 14 heteroatoms. The molecule has 11 aromatic rings. The van der Waals surface area contributed by atoms with Gasteiger partial charge in [0, 0.05) is 32.3 Å². The molecule has 228 valence electrons. The minimum absolute atomic E-state index is 0.0812. The van der Waals surface area contributed by atoms with E-state index in [4.69, 9.17) is 0 Å². The minimum Gasteiger partial charge on any atom is -0.268 e. The van der Waals surface area contributed by atoms with E-state index < -0.39 is 68.6 Å². The summed E-state index contributed by atoms with van der Waals surface area (Å²) in [4.78, 5) is 42.1. The molecule has 0 amide bonds. The Labute approximate surface area is 257 Å². The van der Waals surface area contributed by atoms with Crippen LogP contribution in [0.3, 0.4) is 0 Å². The number of fused-ring (bicyclic) bond motifs is 10. The van der Waals surface area contributed by atoms with E-state index in [-0.39, 0.29) is 22.1 Å². The second-order valence-electron chi connectivity index (χ2n) is 11.7. The van der Waals surface area contributed by atoms with Crippen LogP contribution in [0.1, 0.15) is 0 Å². The lowest BCUT2D eigenvalue weighted by Crippen LogP contribution is -2.15. The minimum atomic E-state index is -1.68. The van der Waals surface area contributed by atoms with Gasteiger partial charge in [-0.3, -0.25) is 18.4 Å². The van der Waals surface area contributed by atoms with Crippen LogP contribution in [0.5, 0.6) is 0 Å². The Bertz CT molecular complexity index is 3220.